The molecule has 0 bridgehead atoms. The molecule has 0 aliphatic rings. The van der Waals surface area contributed by atoms with Crippen LogP contribution in [-0.4, -0.2) is 12.2 Å². The van der Waals surface area contributed by atoms with E-state index >= 15 is 0 Å². The van der Waals surface area contributed by atoms with Crippen molar-refractivity contribution in [2.45, 2.75) is 18.7 Å². The van der Waals surface area contributed by atoms with Crippen LogP contribution in [0, 0.1) is 0 Å². The Kier molecular flexibility index (Phi) is 5.05. The molecule has 0 saturated heterocycles. The Balaban J connectivity index is 1.99. The lowest BCUT2D eigenvalue weighted by Crippen LogP contribution is -2.26. The minimum Gasteiger partial charge on any atom is -0.345 e. The Bertz CT molecular complexity index is 520. The van der Waals surface area contributed by atoms with E-state index in [0.29, 0.717) is 5.56 Å². The summed E-state index contributed by atoms with van der Waals surface area (Å²) in [5.74, 6) is 0.963. The number of rotatable bonds is 5. The van der Waals surface area contributed by atoms with E-state index in [1.54, 1.807) is 23.1 Å². The van der Waals surface area contributed by atoms with Crippen LogP contribution in [0.4, 0.5) is 0 Å². The monoisotopic (exact) mass is 291 g/mol. The van der Waals surface area contributed by atoms with Crippen molar-refractivity contribution in [2.24, 2.45) is 0 Å². The number of hydrogen-bond donors (Lipinski definition) is 1. The topological polar surface area (TPSA) is 29.1 Å². The minimum atomic E-state index is -0.0170. The van der Waals surface area contributed by atoms with Crippen molar-refractivity contribution >= 4 is 29.0 Å². The maximum atomic E-state index is 12.1. The van der Waals surface area contributed by atoms with Crippen molar-refractivity contribution < 1.29 is 4.79 Å². The standard InChI is InChI=1S/C15H17NOS2/c1-11(14-4-3-9-19-14)16-15(17)13-7-5-12(6-8-13)10-18-2/h3-9,11H,10H2,1-2H3,(H,16,17). The highest BCUT2D eigenvalue weighted by Gasteiger charge is 2.11. The van der Waals surface area contributed by atoms with E-state index in [4.69, 9.17) is 0 Å². The first-order valence-electron chi connectivity index (χ1n) is 6.13. The van der Waals surface area contributed by atoms with Gasteiger partial charge in [0.25, 0.3) is 5.91 Å². The van der Waals surface area contributed by atoms with Crippen LogP contribution in [0.1, 0.15) is 33.8 Å². The number of benzene rings is 1. The highest BCUT2D eigenvalue weighted by Crippen LogP contribution is 2.19. The van der Waals surface area contributed by atoms with Crippen LogP contribution in [0.25, 0.3) is 0 Å². The van der Waals surface area contributed by atoms with Crippen LogP contribution in [0.3, 0.4) is 0 Å². The van der Waals surface area contributed by atoms with E-state index in [9.17, 15) is 4.79 Å². The van der Waals surface area contributed by atoms with Crippen LogP contribution >= 0.6 is 23.1 Å². The second-order valence-electron chi connectivity index (χ2n) is 4.34. The van der Waals surface area contributed by atoms with Gasteiger partial charge in [0.2, 0.25) is 0 Å². The van der Waals surface area contributed by atoms with Crippen molar-refractivity contribution in [2.75, 3.05) is 6.26 Å². The molecule has 1 N–H and O–H groups in total. The molecule has 2 aromatic rings. The molecular weight excluding hydrogens is 274 g/mol. The Morgan fingerprint density at radius 3 is 2.63 bits per heavy atom. The molecule has 0 saturated carbocycles. The van der Waals surface area contributed by atoms with Crippen molar-refractivity contribution in [3.8, 4) is 0 Å². The van der Waals surface area contributed by atoms with Gasteiger partial charge in [-0.15, -0.1) is 11.3 Å². The molecule has 0 aliphatic carbocycles. The normalized spacial score (nSPS) is 12.1. The van der Waals surface area contributed by atoms with E-state index in [1.165, 1.54) is 10.4 Å². The number of carbonyl (C=O) groups excluding carboxylic acids is 1. The van der Waals surface area contributed by atoms with Crippen molar-refractivity contribution in [1.82, 2.24) is 5.32 Å². The second kappa shape index (κ2) is 6.78. The predicted octanol–water partition coefficient (Wildman–Crippen LogP) is 4.10. The molecule has 19 heavy (non-hydrogen) atoms. The molecule has 4 heteroatoms. The number of thiophene rings is 1. The molecule has 2 rings (SSSR count). The molecule has 0 radical (unpaired) electrons. The summed E-state index contributed by atoms with van der Waals surface area (Å²) < 4.78 is 0. The van der Waals surface area contributed by atoms with Gasteiger partial charge in [0.15, 0.2) is 0 Å². The van der Waals surface area contributed by atoms with Crippen LogP contribution in [0.2, 0.25) is 0 Å². The molecule has 1 atom stereocenters. The quantitative estimate of drug-likeness (QED) is 0.898. The maximum Gasteiger partial charge on any atom is 0.251 e. The van der Waals surface area contributed by atoms with E-state index in [1.807, 2.05) is 48.7 Å². The number of amides is 1. The Morgan fingerprint density at radius 1 is 1.32 bits per heavy atom. The molecule has 0 aliphatic heterocycles. The summed E-state index contributed by atoms with van der Waals surface area (Å²) in [6.45, 7) is 2.01. The highest BCUT2D eigenvalue weighted by atomic mass is 32.2. The smallest absolute Gasteiger partial charge is 0.251 e. The van der Waals surface area contributed by atoms with E-state index in [0.717, 1.165) is 5.75 Å². The van der Waals surface area contributed by atoms with Crippen LogP contribution in [0.5, 0.6) is 0 Å². The zero-order valence-corrected chi connectivity index (χ0v) is 12.7. The van der Waals surface area contributed by atoms with Crippen LogP contribution in [0.15, 0.2) is 41.8 Å². The number of hydrogen-bond acceptors (Lipinski definition) is 3. The van der Waals surface area contributed by atoms with Gasteiger partial charge in [-0.2, -0.15) is 11.8 Å². The first-order valence-corrected chi connectivity index (χ1v) is 8.40. The van der Waals surface area contributed by atoms with Crippen LogP contribution < -0.4 is 5.32 Å². The molecule has 0 spiro atoms. The Morgan fingerprint density at radius 2 is 2.05 bits per heavy atom. The van der Waals surface area contributed by atoms with Gasteiger partial charge in [-0.25, -0.2) is 0 Å². The molecule has 1 unspecified atom stereocenters. The maximum absolute atomic E-state index is 12.1. The fraction of sp³-hybridized carbons (Fsp3) is 0.267. The lowest BCUT2D eigenvalue weighted by Gasteiger charge is -2.12. The fourth-order valence-corrected chi connectivity index (χ4v) is 3.07. The van der Waals surface area contributed by atoms with E-state index in [-0.39, 0.29) is 11.9 Å². The number of thioether (sulfide) groups is 1. The summed E-state index contributed by atoms with van der Waals surface area (Å²) in [6, 6.07) is 11.9. The molecular formula is C15H17NOS2. The SMILES string of the molecule is CSCc1ccc(C(=O)NC(C)c2cccs2)cc1. The van der Waals surface area contributed by atoms with Crippen molar-refractivity contribution in [3.63, 3.8) is 0 Å². The molecule has 1 amide bonds. The Labute approximate surface area is 122 Å². The number of carbonyl (C=O) groups is 1. The van der Waals surface area contributed by atoms with Crippen molar-refractivity contribution in [1.29, 1.82) is 0 Å². The summed E-state index contributed by atoms with van der Waals surface area (Å²) in [5.41, 5.74) is 1.96. The van der Waals surface area contributed by atoms with E-state index < -0.39 is 0 Å². The van der Waals surface area contributed by atoms with Gasteiger partial charge < -0.3 is 5.32 Å². The molecule has 100 valence electrons. The Hall–Kier alpha value is -1.26. The first kappa shape index (κ1) is 14.2. The first-order chi connectivity index (χ1) is 9.20. The molecule has 2 nitrogen and oxygen atoms in total. The summed E-state index contributed by atoms with van der Waals surface area (Å²) in [5, 5.41) is 5.04. The van der Waals surface area contributed by atoms with Gasteiger partial charge in [-0.1, -0.05) is 18.2 Å². The fourth-order valence-electron chi connectivity index (χ4n) is 1.81. The molecule has 1 aromatic heterocycles. The number of nitrogens with one attached hydrogen (secondary N) is 1. The van der Waals surface area contributed by atoms with E-state index in [2.05, 4.69) is 11.6 Å². The lowest BCUT2D eigenvalue weighted by atomic mass is 10.1. The summed E-state index contributed by atoms with van der Waals surface area (Å²) in [7, 11) is 0. The largest absolute Gasteiger partial charge is 0.345 e. The third-order valence-corrected chi connectivity index (χ3v) is 4.52. The zero-order valence-electron chi connectivity index (χ0n) is 11.1. The van der Waals surface area contributed by atoms with Gasteiger partial charge in [-0.05, 0) is 42.3 Å². The molecule has 1 heterocycles. The zero-order chi connectivity index (χ0) is 13.7. The average Bonchev–Trinajstić information content (AvgIpc) is 2.94. The summed E-state index contributed by atoms with van der Waals surface area (Å²) in [4.78, 5) is 13.3. The second-order valence-corrected chi connectivity index (χ2v) is 6.19. The van der Waals surface area contributed by atoms with Gasteiger partial charge in [0, 0.05) is 16.2 Å². The van der Waals surface area contributed by atoms with Crippen LogP contribution in [-0.2, 0) is 5.75 Å². The average molecular weight is 291 g/mol. The third-order valence-electron chi connectivity index (χ3n) is 2.84. The molecule has 0 fully saturated rings. The van der Waals surface area contributed by atoms with Gasteiger partial charge >= 0.3 is 0 Å². The van der Waals surface area contributed by atoms with Gasteiger partial charge in [0.05, 0.1) is 6.04 Å². The van der Waals surface area contributed by atoms with Gasteiger partial charge in [-0.3, -0.25) is 4.79 Å². The molecule has 1 aromatic carbocycles. The van der Waals surface area contributed by atoms with Crippen molar-refractivity contribution in [3.05, 3.63) is 57.8 Å². The summed E-state index contributed by atoms with van der Waals surface area (Å²) in [6.07, 6.45) is 2.07. The lowest BCUT2D eigenvalue weighted by molar-refractivity contribution is 0.0940. The van der Waals surface area contributed by atoms with Gasteiger partial charge in [0.1, 0.15) is 0 Å². The minimum absolute atomic E-state index is 0.0170. The predicted molar refractivity (Wildman–Crippen MR) is 83.9 cm³/mol. The highest BCUT2D eigenvalue weighted by molar-refractivity contribution is 7.97. The third kappa shape index (κ3) is 3.85. The summed E-state index contributed by atoms with van der Waals surface area (Å²) >= 11 is 3.44.